The van der Waals surface area contributed by atoms with E-state index in [1.54, 1.807) is 12.1 Å². The van der Waals surface area contributed by atoms with Gasteiger partial charge in [-0.15, -0.1) is 0 Å². The summed E-state index contributed by atoms with van der Waals surface area (Å²) in [7, 11) is 0. The highest BCUT2D eigenvalue weighted by Crippen LogP contribution is 2.20. The van der Waals surface area contributed by atoms with Crippen LogP contribution in [0.25, 0.3) is 0 Å². The molecule has 0 aromatic heterocycles. The van der Waals surface area contributed by atoms with Gasteiger partial charge in [-0.25, -0.2) is 0 Å². The SMILES string of the molecule is Nc1ccc(CCC(=O)Nc2ccccc2Cl)cc1. The van der Waals surface area contributed by atoms with Crippen molar-refractivity contribution >= 4 is 28.9 Å². The molecular formula is C15H15ClN2O. The van der Waals surface area contributed by atoms with Gasteiger partial charge in [0.1, 0.15) is 0 Å². The molecule has 0 fully saturated rings. The minimum atomic E-state index is -0.0510. The molecule has 19 heavy (non-hydrogen) atoms. The average molecular weight is 275 g/mol. The van der Waals surface area contributed by atoms with E-state index in [4.69, 9.17) is 17.3 Å². The molecule has 0 heterocycles. The van der Waals surface area contributed by atoms with Gasteiger partial charge in [-0.1, -0.05) is 35.9 Å². The van der Waals surface area contributed by atoms with E-state index in [-0.39, 0.29) is 5.91 Å². The van der Waals surface area contributed by atoms with Gasteiger partial charge in [-0.2, -0.15) is 0 Å². The van der Waals surface area contributed by atoms with Crippen LogP contribution in [0.3, 0.4) is 0 Å². The van der Waals surface area contributed by atoms with Gasteiger partial charge < -0.3 is 11.1 Å². The topological polar surface area (TPSA) is 55.1 Å². The van der Waals surface area contributed by atoms with E-state index in [1.165, 1.54) is 0 Å². The number of benzene rings is 2. The first kappa shape index (κ1) is 13.4. The normalized spacial score (nSPS) is 10.2. The Morgan fingerprint density at radius 1 is 1.11 bits per heavy atom. The number of carbonyl (C=O) groups excluding carboxylic acids is 1. The largest absolute Gasteiger partial charge is 0.399 e. The monoisotopic (exact) mass is 274 g/mol. The number of amides is 1. The summed E-state index contributed by atoms with van der Waals surface area (Å²) in [6.07, 6.45) is 1.09. The third-order valence-electron chi connectivity index (χ3n) is 2.77. The van der Waals surface area contributed by atoms with Crippen LogP contribution in [-0.4, -0.2) is 5.91 Å². The first-order valence-electron chi connectivity index (χ1n) is 6.04. The van der Waals surface area contributed by atoms with E-state index < -0.39 is 0 Å². The highest BCUT2D eigenvalue weighted by atomic mass is 35.5. The number of rotatable bonds is 4. The van der Waals surface area contributed by atoms with Crippen molar-refractivity contribution in [3.8, 4) is 0 Å². The Balaban J connectivity index is 1.88. The fourth-order valence-corrected chi connectivity index (χ4v) is 1.90. The summed E-state index contributed by atoms with van der Waals surface area (Å²) in [6, 6.07) is 14.7. The van der Waals surface area contributed by atoms with Crippen molar-refractivity contribution in [2.24, 2.45) is 0 Å². The lowest BCUT2D eigenvalue weighted by molar-refractivity contribution is -0.116. The molecule has 0 aliphatic rings. The lowest BCUT2D eigenvalue weighted by Gasteiger charge is -2.07. The fourth-order valence-electron chi connectivity index (χ4n) is 1.72. The molecule has 0 spiro atoms. The molecule has 1 amide bonds. The van der Waals surface area contributed by atoms with Crippen molar-refractivity contribution in [3.63, 3.8) is 0 Å². The first-order valence-corrected chi connectivity index (χ1v) is 6.42. The van der Waals surface area contributed by atoms with Gasteiger partial charge in [-0.05, 0) is 36.2 Å². The van der Waals surface area contributed by atoms with Crippen molar-refractivity contribution in [1.29, 1.82) is 0 Å². The quantitative estimate of drug-likeness (QED) is 0.839. The number of halogens is 1. The molecule has 2 aromatic rings. The Kier molecular flexibility index (Phi) is 4.42. The summed E-state index contributed by atoms with van der Waals surface area (Å²) in [5.74, 6) is -0.0510. The molecule has 0 bridgehead atoms. The summed E-state index contributed by atoms with van der Waals surface area (Å²) in [4.78, 5) is 11.8. The number of aryl methyl sites for hydroxylation is 1. The zero-order valence-electron chi connectivity index (χ0n) is 10.4. The van der Waals surface area contributed by atoms with Crippen LogP contribution in [0, 0.1) is 0 Å². The van der Waals surface area contributed by atoms with E-state index >= 15 is 0 Å². The summed E-state index contributed by atoms with van der Waals surface area (Å²) < 4.78 is 0. The molecule has 4 heteroatoms. The minimum absolute atomic E-state index is 0.0510. The first-order chi connectivity index (χ1) is 9.15. The summed E-state index contributed by atoms with van der Waals surface area (Å²) in [6.45, 7) is 0. The fraction of sp³-hybridized carbons (Fsp3) is 0.133. The molecule has 2 rings (SSSR count). The second kappa shape index (κ2) is 6.25. The molecule has 0 unspecified atom stereocenters. The van der Waals surface area contributed by atoms with Crippen molar-refractivity contribution in [3.05, 3.63) is 59.1 Å². The Morgan fingerprint density at radius 2 is 1.79 bits per heavy atom. The van der Waals surface area contributed by atoms with Gasteiger partial charge in [0.25, 0.3) is 0 Å². The number of carbonyl (C=O) groups is 1. The van der Waals surface area contributed by atoms with Crippen molar-refractivity contribution in [1.82, 2.24) is 0 Å². The van der Waals surface area contributed by atoms with Gasteiger partial charge in [0, 0.05) is 12.1 Å². The van der Waals surface area contributed by atoms with Crippen LogP contribution in [0.1, 0.15) is 12.0 Å². The number of para-hydroxylation sites is 1. The Morgan fingerprint density at radius 3 is 2.47 bits per heavy atom. The Labute approximate surface area is 117 Å². The molecule has 0 aliphatic carbocycles. The van der Waals surface area contributed by atoms with Crippen LogP contribution in [0.2, 0.25) is 5.02 Å². The van der Waals surface area contributed by atoms with Crippen LogP contribution >= 0.6 is 11.6 Å². The Hall–Kier alpha value is -2.00. The maximum atomic E-state index is 11.8. The van der Waals surface area contributed by atoms with Crippen molar-refractivity contribution in [2.75, 3.05) is 11.1 Å². The predicted molar refractivity (Wildman–Crippen MR) is 79.3 cm³/mol. The molecule has 0 atom stereocenters. The molecule has 2 aromatic carbocycles. The molecule has 3 nitrogen and oxygen atoms in total. The van der Waals surface area contributed by atoms with Crippen LogP contribution < -0.4 is 11.1 Å². The molecule has 0 radical (unpaired) electrons. The molecule has 0 saturated heterocycles. The van der Waals surface area contributed by atoms with E-state index in [2.05, 4.69) is 5.32 Å². The Bertz CT molecular complexity index is 567. The van der Waals surface area contributed by atoms with Crippen molar-refractivity contribution in [2.45, 2.75) is 12.8 Å². The number of anilines is 2. The van der Waals surface area contributed by atoms with Crippen LogP contribution in [-0.2, 0) is 11.2 Å². The highest BCUT2D eigenvalue weighted by Gasteiger charge is 2.05. The highest BCUT2D eigenvalue weighted by molar-refractivity contribution is 6.33. The zero-order chi connectivity index (χ0) is 13.7. The van der Waals surface area contributed by atoms with E-state index in [9.17, 15) is 4.79 Å². The lowest BCUT2D eigenvalue weighted by atomic mass is 10.1. The number of nitrogens with two attached hydrogens (primary N) is 1. The average Bonchev–Trinajstić information content (AvgIpc) is 2.41. The molecule has 98 valence electrons. The van der Waals surface area contributed by atoms with E-state index in [0.717, 1.165) is 11.3 Å². The number of nitrogens with one attached hydrogen (secondary N) is 1. The third kappa shape index (κ3) is 4.00. The molecular weight excluding hydrogens is 260 g/mol. The number of nitrogen functional groups attached to an aromatic ring is 1. The third-order valence-corrected chi connectivity index (χ3v) is 3.10. The van der Waals surface area contributed by atoms with E-state index in [1.807, 2.05) is 36.4 Å². The molecule has 0 aliphatic heterocycles. The number of hydrogen-bond donors (Lipinski definition) is 2. The van der Waals surface area contributed by atoms with Crippen molar-refractivity contribution < 1.29 is 4.79 Å². The van der Waals surface area contributed by atoms with Crippen LogP contribution in [0.5, 0.6) is 0 Å². The van der Waals surface area contributed by atoms with Gasteiger partial charge >= 0.3 is 0 Å². The second-order valence-corrected chi connectivity index (χ2v) is 4.68. The van der Waals surface area contributed by atoms with Crippen LogP contribution in [0.15, 0.2) is 48.5 Å². The predicted octanol–water partition coefficient (Wildman–Crippen LogP) is 3.49. The maximum Gasteiger partial charge on any atom is 0.224 e. The van der Waals surface area contributed by atoms with Gasteiger partial charge in [0.15, 0.2) is 0 Å². The minimum Gasteiger partial charge on any atom is -0.399 e. The van der Waals surface area contributed by atoms with Crippen LogP contribution in [0.4, 0.5) is 11.4 Å². The zero-order valence-corrected chi connectivity index (χ0v) is 11.2. The smallest absolute Gasteiger partial charge is 0.224 e. The molecule has 3 N–H and O–H groups in total. The number of hydrogen-bond acceptors (Lipinski definition) is 2. The van der Waals surface area contributed by atoms with Gasteiger partial charge in [0.05, 0.1) is 10.7 Å². The van der Waals surface area contributed by atoms with Gasteiger partial charge in [-0.3, -0.25) is 4.79 Å². The maximum absolute atomic E-state index is 11.8. The summed E-state index contributed by atoms with van der Waals surface area (Å²) >= 11 is 5.97. The summed E-state index contributed by atoms with van der Waals surface area (Å²) in [5, 5.41) is 3.34. The van der Waals surface area contributed by atoms with Gasteiger partial charge in [0.2, 0.25) is 5.91 Å². The summed E-state index contributed by atoms with van der Waals surface area (Å²) in [5.41, 5.74) is 8.07. The van der Waals surface area contributed by atoms with E-state index in [0.29, 0.717) is 23.6 Å². The second-order valence-electron chi connectivity index (χ2n) is 4.27. The standard InChI is InChI=1S/C15H15ClN2O/c16-13-3-1-2-4-14(13)18-15(19)10-7-11-5-8-12(17)9-6-11/h1-6,8-9H,7,10,17H2,(H,18,19). The molecule has 0 saturated carbocycles. The lowest BCUT2D eigenvalue weighted by Crippen LogP contribution is -2.12.